The highest BCUT2D eigenvalue weighted by molar-refractivity contribution is 5.76. The van der Waals surface area contributed by atoms with Gasteiger partial charge in [0.25, 0.3) is 0 Å². The molecule has 4 heteroatoms. The average molecular weight is 248 g/mol. The third-order valence-corrected chi connectivity index (χ3v) is 3.31. The Hall–Kier alpha value is -1.55. The normalized spacial score (nSPS) is 17.6. The van der Waals surface area contributed by atoms with Crippen LogP contribution in [0.15, 0.2) is 24.3 Å². The maximum atomic E-state index is 10.7. The summed E-state index contributed by atoms with van der Waals surface area (Å²) in [5.74, 6) is -0.837. The SMILES string of the molecule is CC(Nc1ccc(CN2CCCC2)cc1)C(=O)O. The van der Waals surface area contributed by atoms with Crippen molar-refractivity contribution in [3.05, 3.63) is 29.8 Å². The van der Waals surface area contributed by atoms with E-state index >= 15 is 0 Å². The van der Waals surface area contributed by atoms with Crippen LogP contribution >= 0.6 is 0 Å². The largest absolute Gasteiger partial charge is 0.480 e. The first kappa shape index (κ1) is 12.9. The molecule has 1 unspecified atom stereocenters. The summed E-state index contributed by atoms with van der Waals surface area (Å²) in [4.78, 5) is 13.2. The molecule has 1 aromatic carbocycles. The second-order valence-corrected chi connectivity index (χ2v) is 4.88. The molecule has 0 saturated carbocycles. The molecular weight excluding hydrogens is 228 g/mol. The van der Waals surface area contributed by atoms with Gasteiger partial charge in [0.05, 0.1) is 0 Å². The third kappa shape index (κ3) is 3.47. The second kappa shape index (κ2) is 5.87. The lowest BCUT2D eigenvalue weighted by Crippen LogP contribution is -2.25. The molecule has 0 radical (unpaired) electrons. The Labute approximate surface area is 108 Å². The number of aliphatic carboxylic acids is 1. The summed E-state index contributed by atoms with van der Waals surface area (Å²) >= 11 is 0. The number of nitrogens with one attached hydrogen (secondary N) is 1. The van der Waals surface area contributed by atoms with Gasteiger partial charge in [0.2, 0.25) is 0 Å². The summed E-state index contributed by atoms with van der Waals surface area (Å²) < 4.78 is 0. The number of likely N-dealkylation sites (tertiary alicyclic amines) is 1. The van der Waals surface area contributed by atoms with E-state index in [-0.39, 0.29) is 0 Å². The smallest absolute Gasteiger partial charge is 0.325 e. The third-order valence-electron chi connectivity index (χ3n) is 3.31. The van der Waals surface area contributed by atoms with E-state index in [2.05, 4.69) is 22.3 Å². The van der Waals surface area contributed by atoms with Gasteiger partial charge in [-0.25, -0.2) is 0 Å². The highest BCUT2D eigenvalue weighted by atomic mass is 16.4. The predicted molar refractivity (Wildman–Crippen MR) is 71.7 cm³/mol. The molecule has 1 aliphatic rings. The molecule has 98 valence electrons. The molecule has 0 aliphatic carbocycles. The number of rotatable bonds is 5. The first-order valence-corrected chi connectivity index (χ1v) is 6.46. The van der Waals surface area contributed by atoms with Gasteiger partial charge in [0.1, 0.15) is 6.04 Å². The zero-order chi connectivity index (χ0) is 13.0. The van der Waals surface area contributed by atoms with Crippen LogP contribution in [0.2, 0.25) is 0 Å². The molecule has 1 heterocycles. The lowest BCUT2D eigenvalue weighted by Gasteiger charge is -2.15. The summed E-state index contributed by atoms with van der Waals surface area (Å²) in [6, 6.07) is 7.47. The molecule has 1 aromatic rings. The topological polar surface area (TPSA) is 52.6 Å². The Morgan fingerprint density at radius 3 is 2.50 bits per heavy atom. The van der Waals surface area contributed by atoms with Crippen molar-refractivity contribution in [3.8, 4) is 0 Å². The number of anilines is 1. The average Bonchev–Trinajstić information content (AvgIpc) is 2.84. The van der Waals surface area contributed by atoms with Gasteiger partial charge in [-0.1, -0.05) is 12.1 Å². The molecule has 0 spiro atoms. The fourth-order valence-corrected chi connectivity index (χ4v) is 2.22. The van der Waals surface area contributed by atoms with E-state index in [9.17, 15) is 4.79 Å². The Morgan fingerprint density at radius 1 is 1.33 bits per heavy atom. The lowest BCUT2D eigenvalue weighted by molar-refractivity contribution is -0.137. The predicted octanol–water partition coefficient (Wildman–Crippen LogP) is 2.17. The maximum absolute atomic E-state index is 10.7. The van der Waals surface area contributed by atoms with E-state index in [1.165, 1.54) is 31.5 Å². The first-order valence-electron chi connectivity index (χ1n) is 6.46. The number of nitrogens with zero attached hydrogens (tertiary/aromatic N) is 1. The van der Waals surface area contributed by atoms with Crippen LogP contribution in [0.5, 0.6) is 0 Å². The van der Waals surface area contributed by atoms with Crippen molar-refractivity contribution >= 4 is 11.7 Å². The highest BCUT2D eigenvalue weighted by Gasteiger charge is 2.12. The van der Waals surface area contributed by atoms with Gasteiger partial charge in [0, 0.05) is 12.2 Å². The number of hydrogen-bond acceptors (Lipinski definition) is 3. The Kier molecular flexibility index (Phi) is 4.20. The van der Waals surface area contributed by atoms with Crippen molar-refractivity contribution in [1.29, 1.82) is 0 Å². The van der Waals surface area contributed by atoms with E-state index in [4.69, 9.17) is 5.11 Å². The quantitative estimate of drug-likeness (QED) is 0.838. The molecule has 18 heavy (non-hydrogen) atoms. The Balaban J connectivity index is 1.90. The number of carboxylic acids is 1. The lowest BCUT2D eigenvalue weighted by atomic mass is 10.2. The van der Waals surface area contributed by atoms with Crippen LogP contribution in [0.1, 0.15) is 25.3 Å². The molecular formula is C14H20N2O2. The van der Waals surface area contributed by atoms with Crippen molar-refractivity contribution in [1.82, 2.24) is 4.90 Å². The van der Waals surface area contributed by atoms with Crippen LogP contribution in [-0.2, 0) is 11.3 Å². The van der Waals surface area contributed by atoms with E-state index in [0.717, 1.165) is 12.2 Å². The van der Waals surface area contributed by atoms with Crippen LogP contribution in [0.4, 0.5) is 5.69 Å². The second-order valence-electron chi connectivity index (χ2n) is 4.88. The van der Waals surface area contributed by atoms with E-state index in [1.54, 1.807) is 6.92 Å². The highest BCUT2D eigenvalue weighted by Crippen LogP contribution is 2.15. The molecule has 1 fully saturated rings. The number of carboxylic acid groups (broad SMARTS) is 1. The van der Waals surface area contributed by atoms with Crippen LogP contribution < -0.4 is 5.32 Å². The molecule has 4 nitrogen and oxygen atoms in total. The minimum atomic E-state index is -0.837. The van der Waals surface area contributed by atoms with Crippen LogP contribution in [0, 0.1) is 0 Å². The minimum absolute atomic E-state index is 0.561. The first-order chi connectivity index (χ1) is 8.65. The molecule has 2 N–H and O–H groups in total. The van der Waals surface area contributed by atoms with Crippen LogP contribution in [0.3, 0.4) is 0 Å². The molecule has 0 bridgehead atoms. The summed E-state index contributed by atoms with van der Waals surface area (Å²) in [6.07, 6.45) is 2.60. The summed E-state index contributed by atoms with van der Waals surface area (Å²) in [5, 5.41) is 11.8. The van der Waals surface area contributed by atoms with Gasteiger partial charge < -0.3 is 10.4 Å². The van der Waals surface area contributed by atoms with Gasteiger partial charge in [-0.05, 0) is 50.6 Å². The van der Waals surface area contributed by atoms with Gasteiger partial charge in [-0.2, -0.15) is 0 Å². The Morgan fingerprint density at radius 2 is 1.94 bits per heavy atom. The summed E-state index contributed by atoms with van der Waals surface area (Å²) in [5.41, 5.74) is 2.14. The van der Waals surface area contributed by atoms with E-state index in [1.807, 2.05) is 12.1 Å². The molecule has 1 atom stereocenters. The molecule has 0 amide bonds. The Bertz CT molecular complexity index is 397. The van der Waals surface area contributed by atoms with Crippen molar-refractivity contribution in [2.24, 2.45) is 0 Å². The summed E-state index contributed by atoms with van der Waals surface area (Å²) in [6.45, 7) is 5.02. The number of carbonyl (C=O) groups is 1. The zero-order valence-electron chi connectivity index (χ0n) is 10.7. The van der Waals surface area contributed by atoms with Crippen LogP contribution in [0.25, 0.3) is 0 Å². The van der Waals surface area contributed by atoms with Crippen molar-refractivity contribution in [2.75, 3.05) is 18.4 Å². The van der Waals surface area contributed by atoms with Gasteiger partial charge in [-0.15, -0.1) is 0 Å². The van der Waals surface area contributed by atoms with Gasteiger partial charge in [0.15, 0.2) is 0 Å². The van der Waals surface area contributed by atoms with Crippen molar-refractivity contribution < 1.29 is 9.90 Å². The standard InChI is InChI=1S/C14H20N2O2/c1-11(14(17)18)15-13-6-4-12(5-7-13)10-16-8-2-3-9-16/h4-7,11,15H,2-3,8-10H2,1H3,(H,17,18). The number of benzene rings is 1. The minimum Gasteiger partial charge on any atom is -0.480 e. The van der Waals surface area contributed by atoms with E-state index < -0.39 is 12.0 Å². The van der Waals surface area contributed by atoms with Gasteiger partial charge in [-0.3, -0.25) is 9.69 Å². The monoisotopic (exact) mass is 248 g/mol. The fraction of sp³-hybridized carbons (Fsp3) is 0.500. The van der Waals surface area contributed by atoms with Crippen molar-refractivity contribution in [3.63, 3.8) is 0 Å². The zero-order valence-corrected chi connectivity index (χ0v) is 10.7. The fourth-order valence-electron chi connectivity index (χ4n) is 2.22. The number of hydrogen-bond donors (Lipinski definition) is 2. The molecule has 2 rings (SSSR count). The van der Waals surface area contributed by atoms with E-state index in [0.29, 0.717) is 0 Å². The van der Waals surface area contributed by atoms with Crippen LogP contribution in [-0.4, -0.2) is 35.1 Å². The molecule has 1 aliphatic heterocycles. The molecule has 0 aromatic heterocycles. The molecule has 1 saturated heterocycles. The maximum Gasteiger partial charge on any atom is 0.325 e. The van der Waals surface area contributed by atoms with Crippen molar-refractivity contribution in [2.45, 2.75) is 32.4 Å². The summed E-state index contributed by atoms with van der Waals surface area (Å²) in [7, 11) is 0. The van der Waals surface area contributed by atoms with Gasteiger partial charge >= 0.3 is 5.97 Å².